The molecule has 0 aromatic heterocycles. The molecule has 0 saturated carbocycles. The van der Waals surface area contributed by atoms with E-state index in [0.717, 1.165) is 6.42 Å². The highest BCUT2D eigenvalue weighted by Gasteiger charge is 2.22. The second-order valence-corrected chi connectivity index (χ2v) is 8.31. The topological polar surface area (TPSA) is 105 Å². The van der Waals surface area contributed by atoms with Crippen molar-refractivity contribution in [1.29, 1.82) is 0 Å². The summed E-state index contributed by atoms with van der Waals surface area (Å²) < 4.78 is 34.1. The van der Waals surface area contributed by atoms with E-state index >= 15 is 0 Å². The monoisotopic (exact) mass is 428 g/mol. The molecule has 158 valence electrons. The first-order valence-corrected chi connectivity index (χ1v) is 11.1. The molecule has 0 fully saturated rings. The molecule has 0 atom stereocenters. The van der Waals surface area contributed by atoms with Crippen LogP contribution in [0.5, 0.6) is 0 Å². The summed E-state index contributed by atoms with van der Waals surface area (Å²) in [6.07, 6.45) is 0.909. The van der Waals surface area contributed by atoms with Crippen molar-refractivity contribution in [3.63, 3.8) is 0 Å². The number of fused-ring (bicyclic) bond motifs is 1. The Bertz CT molecular complexity index is 1150. The Hall–Kier alpha value is -3.10. The number of anilines is 2. The largest absolute Gasteiger partial charge is 0.478 e. The van der Waals surface area contributed by atoms with E-state index in [1.807, 2.05) is 6.92 Å². The highest BCUT2D eigenvalue weighted by atomic mass is 32.2. The van der Waals surface area contributed by atoms with Crippen LogP contribution in [-0.2, 0) is 14.8 Å². The van der Waals surface area contributed by atoms with Crippen LogP contribution in [0.3, 0.4) is 0 Å². The summed E-state index contributed by atoms with van der Waals surface area (Å²) in [7, 11) is -4.03. The van der Waals surface area contributed by atoms with Gasteiger partial charge in [0.1, 0.15) is 4.90 Å². The molecule has 0 radical (unpaired) electrons. The molecule has 0 amide bonds. The fraction of sp³-hybridized carbons (Fsp3) is 0.227. The maximum atomic E-state index is 13.1. The number of para-hydroxylation sites is 1. The normalized spacial score (nSPS) is 11.4. The van der Waals surface area contributed by atoms with Gasteiger partial charge >= 0.3 is 5.97 Å². The lowest BCUT2D eigenvalue weighted by Gasteiger charge is -2.16. The van der Waals surface area contributed by atoms with Crippen LogP contribution in [0.25, 0.3) is 10.8 Å². The molecule has 0 aliphatic heterocycles. The zero-order chi connectivity index (χ0) is 21.6. The van der Waals surface area contributed by atoms with Gasteiger partial charge in [0.05, 0.1) is 23.5 Å². The van der Waals surface area contributed by atoms with Crippen LogP contribution in [0.15, 0.2) is 65.6 Å². The molecule has 0 saturated heterocycles. The molecule has 3 aromatic carbocycles. The van der Waals surface area contributed by atoms with Gasteiger partial charge in [-0.15, -0.1) is 0 Å². The molecular formula is C22H24N2O5S. The molecule has 8 heteroatoms. The van der Waals surface area contributed by atoms with Gasteiger partial charge in [0.2, 0.25) is 0 Å². The first-order chi connectivity index (χ1) is 14.4. The first kappa shape index (κ1) is 21.6. The lowest BCUT2D eigenvalue weighted by Crippen LogP contribution is -2.18. The molecule has 3 rings (SSSR count). The Labute approximate surface area is 175 Å². The molecular weight excluding hydrogens is 404 g/mol. The summed E-state index contributed by atoms with van der Waals surface area (Å²) in [5.41, 5.74) is 0.347. The summed E-state index contributed by atoms with van der Waals surface area (Å²) in [6.45, 7) is 3.55. The second-order valence-electron chi connectivity index (χ2n) is 6.66. The average molecular weight is 429 g/mol. The SMILES string of the molecule is CCCOCCNc1ccccc1S(=O)(=O)Nc1ccc2ccccc2c1C(=O)O. The quantitative estimate of drug-likeness (QED) is 0.419. The number of sulfonamides is 1. The number of benzene rings is 3. The lowest BCUT2D eigenvalue weighted by atomic mass is 10.0. The maximum Gasteiger partial charge on any atom is 0.338 e. The number of hydrogen-bond acceptors (Lipinski definition) is 5. The molecule has 0 aliphatic carbocycles. The van der Waals surface area contributed by atoms with Crippen molar-refractivity contribution < 1.29 is 23.1 Å². The number of hydrogen-bond donors (Lipinski definition) is 3. The lowest BCUT2D eigenvalue weighted by molar-refractivity contribution is 0.0700. The number of carboxylic acid groups (broad SMARTS) is 1. The van der Waals surface area contributed by atoms with Crippen LogP contribution in [0, 0.1) is 0 Å². The van der Waals surface area contributed by atoms with Crippen molar-refractivity contribution >= 4 is 38.1 Å². The van der Waals surface area contributed by atoms with E-state index in [2.05, 4.69) is 10.0 Å². The molecule has 30 heavy (non-hydrogen) atoms. The Morgan fingerprint density at radius 3 is 2.47 bits per heavy atom. The van der Waals surface area contributed by atoms with Crippen molar-refractivity contribution in [2.45, 2.75) is 18.2 Å². The average Bonchev–Trinajstić information content (AvgIpc) is 2.73. The van der Waals surface area contributed by atoms with Gasteiger partial charge in [-0.25, -0.2) is 13.2 Å². The van der Waals surface area contributed by atoms with E-state index in [1.54, 1.807) is 48.5 Å². The van der Waals surface area contributed by atoms with Crippen LogP contribution in [0.4, 0.5) is 11.4 Å². The van der Waals surface area contributed by atoms with Crippen molar-refractivity contribution in [2.75, 3.05) is 29.8 Å². The van der Waals surface area contributed by atoms with Gasteiger partial charge in [0.15, 0.2) is 0 Å². The van der Waals surface area contributed by atoms with Gasteiger partial charge in [-0.2, -0.15) is 0 Å². The summed E-state index contributed by atoms with van der Waals surface area (Å²) >= 11 is 0. The third kappa shape index (κ3) is 4.90. The van der Waals surface area contributed by atoms with Crippen molar-refractivity contribution in [1.82, 2.24) is 0 Å². The van der Waals surface area contributed by atoms with Gasteiger partial charge in [0.25, 0.3) is 10.0 Å². The Kier molecular flexibility index (Phi) is 6.91. The molecule has 0 spiro atoms. The third-order valence-corrected chi connectivity index (χ3v) is 5.90. The Balaban J connectivity index is 1.91. The highest BCUT2D eigenvalue weighted by molar-refractivity contribution is 7.92. The smallest absolute Gasteiger partial charge is 0.338 e. The summed E-state index contributed by atoms with van der Waals surface area (Å²) in [6, 6.07) is 16.6. The Morgan fingerprint density at radius 2 is 1.70 bits per heavy atom. The van der Waals surface area contributed by atoms with Gasteiger partial charge in [0, 0.05) is 13.2 Å². The molecule has 0 unspecified atom stereocenters. The summed E-state index contributed by atoms with van der Waals surface area (Å²) in [4.78, 5) is 11.9. The molecule has 0 heterocycles. The van der Waals surface area contributed by atoms with E-state index in [0.29, 0.717) is 36.2 Å². The minimum Gasteiger partial charge on any atom is -0.478 e. The third-order valence-electron chi connectivity index (χ3n) is 4.47. The number of aromatic carboxylic acids is 1. The number of ether oxygens (including phenoxy) is 1. The minimum atomic E-state index is -4.03. The zero-order valence-corrected chi connectivity index (χ0v) is 17.4. The predicted molar refractivity (Wildman–Crippen MR) is 118 cm³/mol. The first-order valence-electron chi connectivity index (χ1n) is 9.62. The van der Waals surface area contributed by atoms with E-state index in [4.69, 9.17) is 4.74 Å². The maximum absolute atomic E-state index is 13.1. The minimum absolute atomic E-state index is 0.0160. The highest BCUT2D eigenvalue weighted by Crippen LogP contribution is 2.30. The zero-order valence-electron chi connectivity index (χ0n) is 16.6. The second kappa shape index (κ2) is 9.60. The van der Waals surface area contributed by atoms with Gasteiger partial charge in [-0.3, -0.25) is 4.72 Å². The molecule has 7 nitrogen and oxygen atoms in total. The van der Waals surface area contributed by atoms with E-state index in [-0.39, 0.29) is 16.1 Å². The van der Waals surface area contributed by atoms with E-state index < -0.39 is 16.0 Å². The molecule has 0 aliphatic rings. The van der Waals surface area contributed by atoms with Gasteiger partial charge < -0.3 is 15.2 Å². The van der Waals surface area contributed by atoms with Crippen LogP contribution in [-0.4, -0.2) is 39.3 Å². The van der Waals surface area contributed by atoms with Crippen LogP contribution in [0.2, 0.25) is 0 Å². The molecule has 3 aromatic rings. The summed E-state index contributed by atoms with van der Waals surface area (Å²) in [5.74, 6) is -1.20. The fourth-order valence-electron chi connectivity index (χ4n) is 3.14. The van der Waals surface area contributed by atoms with Crippen LogP contribution in [0.1, 0.15) is 23.7 Å². The van der Waals surface area contributed by atoms with E-state index in [1.165, 1.54) is 12.1 Å². The standard InChI is InChI=1S/C22H24N2O5S/c1-2-14-29-15-13-23-18-9-5-6-10-20(18)30(27,28)24-19-12-11-16-7-3-4-8-17(16)21(19)22(25)26/h3-12,23-24H,2,13-15H2,1H3,(H,25,26). The van der Waals surface area contributed by atoms with Crippen molar-refractivity contribution in [3.05, 3.63) is 66.2 Å². The summed E-state index contributed by atoms with van der Waals surface area (Å²) in [5, 5.41) is 14.0. The number of carboxylic acids is 1. The van der Waals surface area contributed by atoms with Crippen molar-refractivity contribution in [3.8, 4) is 0 Å². The fourth-order valence-corrected chi connectivity index (χ4v) is 4.40. The predicted octanol–water partition coefficient (Wildman–Crippen LogP) is 4.18. The number of nitrogens with one attached hydrogen (secondary N) is 2. The number of rotatable bonds is 10. The van der Waals surface area contributed by atoms with Gasteiger partial charge in [-0.1, -0.05) is 49.4 Å². The van der Waals surface area contributed by atoms with Crippen molar-refractivity contribution in [2.24, 2.45) is 0 Å². The Morgan fingerprint density at radius 1 is 0.967 bits per heavy atom. The number of carbonyl (C=O) groups is 1. The van der Waals surface area contributed by atoms with E-state index in [9.17, 15) is 18.3 Å². The van der Waals surface area contributed by atoms with Crippen LogP contribution < -0.4 is 10.0 Å². The molecule has 3 N–H and O–H groups in total. The van der Waals surface area contributed by atoms with Gasteiger partial charge in [-0.05, 0) is 35.4 Å². The molecule has 0 bridgehead atoms. The van der Waals surface area contributed by atoms with Crippen LogP contribution >= 0.6 is 0 Å².